The van der Waals surface area contributed by atoms with Gasteiger partial charge in [0.2, 0.25) is 17.5 Å². The van der Waals surface area contributed by atoms with Crippen LogP contribution in [0, 0.1) is 0 Å². The smallest absolute Gasteiger partial charge is 0.300 e. The molecule has 1 rings (SSSR count). The minimum Gasteiger partial charge on any atom is -0.480 e. The minimum atomic E-state index is -3.12. The van der Waals surface area contributed by atoms with Crippen LogP contribution in [0.3, 0.4) is 0 Å². The molecule has 0 aliphatic carbocycles. The number of ether oxygens (including phenoxy) is 2. The maximum Gasteiger partial charge on any atom is 0.300 e. The van der Waals surface area contributed by atoms with E-state index in [4.69, 9.17) is 0 Å². The fourth-order valence-electron chi connectivity index (χ4n) is 0.907. The van der Waals surface area contributed by atoms with Gasteiger partial charge in [0, 0.05) is 6.07 Å². The Bertz CT molecular complexity index is 371. The predicted molar refractivity (Wildman–Crippen MR) is 45.5 cm³/mol. The van der Waals surface area contributed by atoms with Crippen molar-refractivity contribution < 1.29 is 23.0 Å². The van der Waals surface area contributed by atoms with Crippen molar-refractivity contribution in [2.75, 3.05) is 14.2 Å². The van der Waals surface area contributed by atoms with E-state index >= 15 is 0 Å². The highest BCUT2D eigenvalue weighted by Crippen LogP contribution is 2.20. The van der Waals surface area contributed by atoms with Gasteiger partial charge >= 0.3 is 6.43 Å². The molecule has 1 aromatic heterocycles. The van der Waals surface area contributed by atoms with Gasteiger partial charge in [-0.3, -0.25) is 4.79 Å². The second-order valence-electron chi connectivity index (χ2n) is 2.47. The zero-order chi connectivity index (χ0) is 11.4. The number of rotatable bonds is 4. The van der Waals surface area contributed by atoms with E-state index in [9.17, 15) is 13.6 Å². The van der Waals surface area contributed by atoms with E-state index in [1.807, 2.05) is 0 Å². The van der Waals surface area contributed by atoms with Gasteiger partial charge in [-0.2, -0.15) is 0 Å². The Morgan fingerprint density at radius 3 is 2.47 bits per heavy atom. The third-order valence-electron chi connectivity index (χ3n) is 1.60. The summed E-state index contributed by atoms with van der Waals surface area (Å²) < 4.78 is 33.6. The van der Waals surface area contributed by atoms with Gasteiger partial charge in [-0.1, -0.05) is 0 Å². The molecule has 0 unspecified atom stereocenters. The van der Waals surface area contributed by atoms with Crippen molar-refractivity contribution in [3.05, 3.63) is 11.6 Å². The van der Waals surface area contributed by atoms with Gasteiger partial charge in [0.15, 0.2) is 0 Å². The van der Waals surface area contributed by atoms with Crippen molar-refractivity contribution in [1.29, 1.82) is 0 Å². The summed E-state index contributed by atoms with van der Waals surface area (Å²) >= 11 is 0. The molecule has 15 heavy (non-hydrogen) atoms. The van der Waals surface area contributed by atoms with Crippen LogP contribution in [-0.4, -0.2) is 36.6 Å². The summed E-state index contributed by atoms with van der Waals surface area (Å²) in [6.07, 6.45) is -3.12. The summed E-state index contributed by atoms with van der Waals surface area (Å²) in [4.78, 5) is 11.0. The van der Waals surface area contributed by atoms with Gasteiger partial charge in [-0.15, -0.1) is 10.2 Å². The van der Waals surface area contributed by atoms with Crippen molar-refractivity contribution in [3.8, 4) is 11.8 Å². The van der Waals surface area contributed by atoms with E-state index in [1.165, 1.54) is 14.2 Å². The number of hydrogen-bond acceptors (Lipinski definition) is 5. The van der Waals surface area contributed by atoms with Gasteiger partial charge in [0.1, 0.15) is 0 Å². The summed E-state index contributed by atoms with van der Waals surface area (Å²) in [6.45, 7) is 0. The molecule has 0 spiro atoms. The summed E-state index contributed by atoms with van der Waals surface area (Å²) in [5.74, 6) is -1.65. The zero-order valence-corrected chi connectivity index (χ0v) is 8.03. The second kappa shape index (κ2) is 4.63. The molecule has 5 nitrogen and oxygen atoms in total. The number of ketones is 1. The Hall–Kier alpha value is -1.79. The summed E-state index contributed by atoms with van der Waals surface area (Å²) in [7, 11) is 2.49. The van der Waals surface area contributed by atoms with E-state index in [1.54, 1.807) is 0 Å². The van der Waals surface area contributed by atoms with Crippen LogP contribution in [0.4, 0.5) is 8.78 Å². The Kier molecular flexibility index (Phi) is 3.48. The number of aromatic nitrogens is 2. The first-order chi connectivity index (χ1) is 7.10. The SMILES string of the molecule is COc1cc(C(=O)C(F)F)c(OC)nn1. The molecule has 0 aliphatic heterocycles. The molecule has 1 heterocycles. The van der Waals surface area contributed by atoms with Crippen LogP contribution in [0.15, 0.2) is 6.07 Å². The standard InChI is InChI=1S/C8H8F2N2O3/c1-14-5-3-4(6(13)7(9)10)8(15-2)12-11-5/h3,7H,1-2H3. The topological polar surface area (TPSA) is 61.3 Å². The van der Waals surface area contributed by atoms with Crippen LogP contribution in [0.5, 0.6) is 11.8 Å². The summed E-state index contributed by atoms with van der Waals surface area (Å²) in [5, 5.41) is 6.90. The van der Waals surface area contributed by atoms with Gasteiger partial charge in [-0.25, -0.2) is 8.78 Å². The highest BCUT2D eigenvalue weighted by Gasteiger charge is 2.23. The Labute approximate surface area is 84.0 Å². The van der Waals surface area contributed by atoms with Crippen LogP contribution < -0.4 is 9.47 Å². The molecule has 0 bridgehead atoms. The van der Waals surface area contributed by atoms with Crippen molar-refractivity contribution in [2.45, 2.75) is 6.43 Å². The van der Waals surface area contributed by atoms with Crippen molar-refractivity contribution in [1.82, 2.24) is 10.2 Å². The predicted octanol–water partition coefficient (Wildman–Crippen LogP) is 0.942. The average Bonchev–Trinajstić information content (AvgIpc) is 2.27. The van der Waals surface area contributed by atoms with Gasteiger partial charge in [0.05, 0.1) is 19.8 Å². The fraction of sp³-hybridized carbons (Fsp3) is 0.375. The molecule has 1 aromatic rings. The Morgan fingerprint density at radius 2 is 2.00 bits per heavy atom. The molecule has 7 heteroatoms. The average molecular weight is 218 g/mol. The first-order valence-electron chi connectivity index (χ1n) is 3.88. The number of carbonyl (C=O) groups is 1. The molecule has 0 radical (unpaired) electrons. The van der Waals surface area contributed by atoms with Crippen molar-refractivity contribution in [2.24, 2.45) is 0 Å². The van der Waals surface area contributed by atoms with E-state index < -0.39 is 12.2 Å². The summed E-state index contributed by atoms with van der Waals surface area (Å²) in [6, 6.07) is 1.06. The normalized spacial score (nSPS) is 10.2. The molecule has 0 atom stereocenters. The molecule has 0 fully saturated rings. The number of halogens is 2. The third kappa shape index (κ3) is 2.36. The number of carbonyl (C=O) groups excluding carboxylic acids is 1. The van der Waals surface area contributed by atoms with Crippen LogP contribution in [0.2, 0.25) is 0 Å². The van der Waals surface area contributed by atoms with Crippen LogP contribution >= 0.6 is 0 Å². The quantitative estimate of drug-likeness (QED) is 0.704. The first-order valence-corrected chi connectivity index (χ1v) is 3.88. The van der Waals surface area contributed by atoms with E-state index in [-0.39, 0.29) is 17.3 Å². The zero-order valence-electron chi connectivity index (χ0n) is 8.03. The lowest BCUT2D eigenvalue weighted by Gasteiger charge is -2.06. The van der Waals surface area contributed by atoms with Crippen molar-refractivity contribution in [3.63, 3.8) is 0 Å². The molecule has 0 saturated heterocycles. The highest BCUT2D eigenvalue weighted by molar-refractivity contribution is 6.00. The van der Waals surface area contributed by atoms with Crippen LogP contribution in [-0.2, 0) is 0 Å². The lowest BCUT2D eigenvalue weighted by atomic mass is 10.2. The number of hydrogen-bond donors (Lipinski definition) is 0. The second-order valence-corrected chi connectivity index (χ2v) is 2.47. The lowest BCUT2D eigenvalue weighted by molar-refractivity contribution is 0.0674. The highest BCUT2D eigenvalue weighted by atomic mass is 19.3. The number of Topliss-reactive ketones (excluding diaryl/α,β-unsaturated/α-hetero) is 1. The number of nitrogens with zero attached hydrogens (tertiary/aromatic N) is 2. The molecule has 82 valence electrons. The maximum atomic E-state index is 12.2. The van der Waals surface area contributed by atoms with Crippen LogP contribution in [0.1, 0.15) is 10.4 Å². The molecular weight excluding hydrogens is 210 g/mol. The summed E-state index contributed by atoms with van der Waals surface area (Å²) in [5.41, 5.74) is -0.348. The largest absolute Gasteiger partial charge is 0.480 e. The van der Waals surface area contributed by atoms with Gasteiger partial charge in [0.25, 0.3) is 0 Å². The molecule has 0 aliphatic rings. The lowest BCUT2D eigenvalue weighted by Crippen LogP contribution is -2.13. The van der Waals surface area contributed by atoms with Crippen molar-refractivity contribution >= 4 is 5.78 Å². The molecule has 0 N–H and O–H groups in total. The first kappa shape index (κ1) is 11.3. The Balaban J connectivity index is 3.17. The van der Waals surface area contributed by atoms with Gasteiger partial charge in [-0.05, 0) is 0 Å². The van der Waals surface area contributed by atoms with E-state index in [2.05, 4.69) is 19.7 Å². The monoisotopic (exact) mass is 218 g/mol. The fourth-order valence-corrected chi connectivity index (χ4v) is 0.907. The molecule has 0 saturated carbocycles. The van der Waals surface area contributed by atoms with Crippen LogP contribution in [0.25, 0.3) is 0 Å². The third-order valence-corrected chi connectivity index (χ3v) is 1.60. The number of alkyl halides is 2. The number of methoxy groups -OCH3 is 2. The van der Waals surface area contributed by atoms with E-state index in [0.29, 0.717) is 0 Å². The van der Waals surface area contributed by atoms with Gasteiger partial charge < -0.3 is 9.47 Å². The van der Waals surface area contributed by atoms with E-state index in [0.717, 1.165) is 6.07 Å². The molecular formula is C8H8F2N2O3. The minimum absolute atomic E-state index is 0.0280. The molecule has 0 aromatic carbocycles. The maximum absolute atomic E-state index is 12.2. The molecule has 0 amide bonds. The Morgan fingerprint density at radius 1 is 1.33 bits per heavy atom.